The number of hydrogen-bond donors (Lipinski definition) is 1. The molecule has 0 spiro atoms. The van der Waals surface area contributed by atoms with Gasteiger partial charge < -0.3 is 5.73 Å². The minimum absolute atomic E-state index is 0.299. The Morgan fingerprint density at radius 1 is 1.40 bits per heavy atom. The SMILES string of the molecule is Cc1nn(CC(F)(F)F)c(C)c1C(C)N. The lowest BCUT2D eigenvalue weighted by Crippen LogP contribution is -2.20. The van der Waals surface area contributed by atoms with Crippen LogP contribution in [0.1, 0.15) is 29.9 Å². The lowest BCUT2D eigenvalue weighted by atomic mass is 10.1. The molecule has 1 atom stereocenters. The van der Waals surface area contributed by atoms with Gasteiger partial charge in [-0.25, -0.2) is 0 Å². The molecule has 0 aliphatic heterocycles. The molecule has 1 aromatic heterocycles. The first-order valence-electron chi connectivity index (χ1n) is 4.58. The molecular weight excluding hydrogens is 207 g/mol. The summed E-state index contributed by atoms with van der Waals surface area (Å²) in [5, 5.41) is 3.83. The molecule has 86 valence electrons. The fraction of sp³-hybridized carbons (Fsp3) is 0.667. The van der Waals surface area contributed by atoms with Crippen LogP contribution in [0.3, 0.4) is 0 Å². The summed E-state index contributed by atoms with van der Waals surface area (Å²) in [6.07, 6.45) is -4.25. The Hall–Kier alpha value is -1.04. The van der Waals surface area contributed by atoms with Gasteiger partial charge in [-0.05, 0) is 20.8 Å². The van der Waals surface area contributed by atoms with Gasteiger partial charge >= 0.3 is 6.18 Å². The van der Waals surface area contributed by atoms with Crippen LogP contribution in [0.4, 0.5) is 13.2 Å². The molecule has 1 heterocycles. The monoisotopic (exact) mass is 221 g/mol. The van der Waals surface area contributed by atoms with Crippen molar-refractivity contribution in [1.29, 1.82) is 0 Å². The zero-order valence-electron chi connectivity index (χ0n) is 8.89. The fourth-order valence-corrected chi connectivity index (χ4v) is 1.69. The van der Waals surface area contributed by atoms with Crippen molar-refractivity contribution in [2.75, 3.05) is 0 Å². The van der Waals surface area contributed by atoms with Crippen LogP contribution >= 0.6 is 0 Å². The Bertz CT molecular complexity index is 352. The van der Waals surface area contributed by atoms with E-state index in [0.717, 1.165) is 4.68 Å². The lowest BCUT2D eigenvalue weighted by molar-refractivity contribution is -0.142. The van der Waals surface area contributed by atoms with Crippen molar-refractivity contribution >= 4 is 0 Å². The molecule has 2 N–H and O–H groups in total. The smallest absolute Gasteiger partial charge is 0.324 e. The number of rotatable bonds is 2. The van der Waals surface area contributed by atoms with E-state index in [0.29, 0.717) is 17.0 Å². The van der Waals surface area contributed by atoms with E-state index in [1.165, 1.54) is 0 Å². The summed E-state index contributed by atoms with van der Waals surface area (Å²) in [6, 6.07) is -0.299. The highest BCUT2D eigenvalue weighted by atomic mass is 19.4. The third-order valence-corrected chi connectivity index (χ3v) is 2.22. The van der Waals surface area contributed by atoms with Crippen molar-refractivity contribution in [2.45, 2.75) is 39.5 Å². The van der Waals surface area contributed by atoms with Crippen LogP contribution in [0, 0.1) is 13.8 Å². The molecule has 0 aliphatic rings. The van der Waals surface area contributed by atoms with Gasteiger partial charge in [0, 0.05) is 17.3 Å². The maximum atomic E-state index is 12.2. The number of halogens is 3. The summed E-state index contributed by atoms with van der Waals surface area (Å²) in [5.41, 5.74) is 7.40. The number of nitrogens with two attached hydrogens (primary N) is 1. The van der Waals surface area contributed by atoms with Crippen molar-refractivity contribution < 1.29 is 13.2 Å². The molecular formula is C9H14F3N3. The van der Waals surface area contributed by atoms with E-state index >= 15 is 0 Å². The average molecular weight is 221 g/mol. The molecule has 1 unspecified atom stereocenters. The first-order chi connectivity index (χ1) is 6.72. The Morgan fingerprint density at radius 3 is 2.27 bits per heavy atom. The van der Waals surface area contributed by atoms with Crippen LogP contribution in [-0.2, 0) is 6.54 Å². The molecule has 0 aromatic carbocycles. The van der Waals surface area contributed by atoms with Gasteiger partial charge in [-0.3, -0.25) is 4.68 Å². The zero-order valence-corrected chi connectivity index (χ0v) is 8.89. The summed E-state index contributed by atoms with van der Waals surface area (Å²) in [6.45, 7) is 3.93. The second-order valence-corrected chi connectivity index (χ2v) is 3.65. The number of nitrogens with zero attached hydrogens (tertiary/aromatic N) is 2. The Morgan fingerprint density at radius 2 is 1.93 bits per heavy atom. The molecule has 6 heteroatoms. The second-order valence-electron chi connectivity index (χ2n) is 3.65. The van der Waals surface area contributed by atoms with Crippen LogP contribution in [0.15, 0.2) is 0 Å². The normalized spacial score (nSPS) is 14.3. The van der Waals surface area contributed by atoms with E-state index in [1.807, 2.05) is 0 Å². The van der Waals surface area contributed by atoms with Gasteiger partial charge in [0.25, 0.3) is 0 Å². The molecule has 1 aromatic rings. The third kappa shape index (κ3) is 2.71. The Balaban J connectivity index is 3.07. The molecule has 0 amide bonds. The maximum absolute atomic E-state index is 12.2. The van der Waals surface area contributed by atoms with Gasteiger partial charge in [-0.2, -0.15) is 18.3 Å². The summed E-state index contributed by atoms with van der Waals surface area (Å²) >= 11 is 0. The molecule has 0 saturated carbocycles. The summed E-state index contributed by atoms with van der Waals surface area (Å²) < 4.78 is 37.5. The summed E-state index contributed by atoms with van der Waals surface area (Å²) in [4.78, 5) is 0. The Labute approximate surface area is 86.1 Å². The third-order valence-electron chi connectivity index (χ3n) is 2.22. The second kappa shape index (κ2) is 3.84. The highest BCUT2D eigenvalue weighted by molar-refractivity contribution is 5.27. The molecule has 3 nitrogen and oxygen atoms in total. The number of aromatic nitrogens is 2. The summed E-state index contributed by atoms with van der Waals surface area (Å²) in [7, 11) is 0. The largest absolute Gasteiger partial charge is 0.408 e. The van der Waals surface area contributed by atoms with Crippen LogP contribution in [0.2, 0.25) is 0 Å². The predicted molar refractivity (Wildman–Crippen MR) is 50.4 cm³/mol. The molecule has 0 bridgehead atoms. The number of aryl methyl sites for hydroxylation is 1. The van der Waals surface area contributed by atoms with Crippen molar-refractivity contribution in [2.24, 2.45) is 5.73 Å². The van der Waals surface area contributed by atoms with Crippen molar-refractivity contribution in [3.8, 4) is 0 Å². The summed E-state index contributed by atoms with van der Waals surface area (Å²) in [5.74, 6) is 0. The molecule has 0 aliphatic carbocycles. The van der Waals surface area contributed by atoms with Crippen molar-refractivity contribution in [3.63, 3.8) is 0 Å². The van der Waals surface area contributed by atoms with Crippen molar-refractivity contribution in [1.82, 2.24) is 9.78 Å². The first kappa shape index (κ1) is 12.0. The minimum atomic E-state index is -4.25. The zero-order chi connectivity index (χ0) is 11.8. The predicted octanol–water partition coefficient (Wildman–Crippen LogP) is 2.08. The molecule has 0 saturated heterocycles. The van der Waals surface area contributed by atoms with E-state index in [9.17, 15) is 13.2 Å². The van der Waals surface area contributed by atoms with E-state index in [2.05, 4.69) is 5.10 Å². The highest BCUT2D eigenvalue weighted by Crippen LogP contribution is 2.23. The quantitative estimate of drug-likeness (QED) is 0.830. The van der Waals surface area contributed by atoms with Gasteiger partial charge in [0.15, 0.2) is 0 Å². The molecule has 15 heavy (non-hydrogen) atoms. The average Bonchev–Trinajstić information content (AvgIpc) is 2.23. The van der Waals surface area contributed by atoms with E-state index in [4.69, 9.17) is 5.73 Å². The van der Waals surface area contributed by atoms with Crippen LogP contribution in [0.25, 0.3) is 0 Å². The van der Waals surface area contributed by atoms with E-state index < -0.39 is 12.7 Å². The minimum Gasteiger partial charge on any atom is -0.324 e. The van der Waals surface area contributed by atoms with Crippen molar-refractivity contribution in [3.05, 3.63) is 17.0 Å². The van der Waals surface area contributed by atoms with Gasteiger partial charge in [0.1, 0.15) is 6.54 Å². The van der Waals surface area contributed by atoms with Gasteiger partial charge in [-0.1, -0.05) is 0 Å². The van der Waals surface area contributed by atoms with Crippen LogP contribution in [-0.4, -0.2) is 16.0 Å². The molecule has 1 rings (SSSR count). The highest BCUT2D eigenvalue weighted by Gasteiger charge is 2.30. The standard InChI is InChI=1S/C9H14F3N3/c1-5(13)8-6(2)14-15(7(8)3)4-9(10,11)12/h5H,4,13H2,1-3H3. The van der Waals surface area contributed by atoms with E-state index in [1.54, 1.807) is 20.8 Å². The lowest BCUT2D eigenvalue weighted by Gasteiger charge is -2.09. The fourth-order valence-electron chi connectivity index (χ4n) is 1.69. The van der Waals surface area contributed by atoms with E-state index in [-0.39, 0.29) is 6.04 Å². The van der Waals surface area contributed by atoms with Crippen LogP contribution < -0.4 is 5.73 Å². The Kier molecular flexibility index (Phi) is 3.08. The van der Waals surface area contributed by atoms with Crippen LogP contribution in [0.5, 0.6) is 0 Å². The topological polar surface area (TPSA) is 43.8 Å². The first-order valence-corrected chi connectivity index (χ1v) is 4.58. The maximum Gasteiger partial charge on any atom is 0.408 e. The van der Waals surface area contributed by atoms with Gasteiger partial charge in [-0.15, -0.1) is 0 Å². The molecule has 0 fully saturated rings. The molecule has 0 radical (unpaired) electrons. The number of hydrogen-bond acceptors (Lipinski definition) is 2. The van der Waals surface area contributed by atoms with Gasteiger partial charge in [0.2, 0.25) is 0 Å². The number of alkyl halides is 3. The van der Waals surface area contributed by atoms with Gasteiger partial charge in [0.05, 0.1) is 5.69 Å².